The van der Waals surface area contributed by atoms with E-state index in [1.807, 2.05) is 26.0 Å². The highest BCUT2D eigenvalue weighted by Gasteiger charge is 2.26. The lowest BCUT2D eigenvalue weighted by Crippen LogP contribution is -2.31. The number of aliphatic carboxylic acids is 1. The molecule has 1 amide bonds. The Labute approximate surface area is 139 Å². The van der Waals surface area contributed by atoms with Gasteiger partial charge >= 0.3 is 5.97 Å². The highest BCUT2D eigenvalue weighted by atomic mass is 16.4. The summed E-state index contributed by atoms with van der Waals surface area (Å²) in [7, 11) is 0. The third-order valence-corrected chi connectivity index (χ3v) is 4.36. The van der Waals surface area contributed by atoms with Crippen molar-refractivity contribution in [3.05, 3.63) is 35.4 Å². The zero-order valence-electron chi connectivity index (χ0n) is 14.8. The van der Waals surface area contributed by atoms with Crippen LogP contribution >= 0.6 is 0 Å². The second-order valence-electron chi connectivity index (χ2n) is 7.26. The second kappa shape index (κ2) is 8.14. The van der Waals surface area contributed by atoms with E-state index in [1.54, 1.807) is 0 Å². The molecule has 1 rings (SSSR count). The van der Waals surface area contributed by atoms with Crippen LogP contribution in [0.4, 0.5) is 0 Å². The molecule has 4 nitrogen and oxygen atoms in total. The summed E-state index contributed by atoms with van der Waals surface area (Å²) in [6, 6.07) is 8.15. The fraction of sp³-hybridized carbons (Fsp3) is 0.579. The zero-order chi connectivity index (χ0) is 17.6. The minimum atomic E-state index is -0.899. The predicted molar refractivity (Wildman–Crippen MR) is 92.2 cm³/mol. The molecule has 0 saturated heterocycles. The van der Waals surface area contributed by atoms with E-state index in [4.69, 9.17) is 0 Å². The molecule has 4 heteroatoms. The molecule has 0 aromatic heterocycles. The third kappa shape index (κ3) is 6.05. The topological polar surface area (TPSA) is 66.4 Å². The molecule has 0 aliphatic carbocycles. The maximum Gasteiger partial charge on any atom is 0.307 e. The predicted octanol–water partition coefficient (Wildman–Crippen LogP) is 3.74. The van der Waals surface area contributed by atoms with Crippen molar-refractivity contribution in [2.75, 3.05) is 0 Å². The van der Waals surface area contributed by atoms with Gasteiger partial charge in [-0.15, -0.1) is 0 Å². The fourth-order valence-corrected chi connectivity index (χ4v) is 2.41. The first-order valence-electron chi connectivity index (χ1n) is 8.24. The number of carbonyl (C=O) groups excluding carboxylic acids is 1. The largest absolute Gasteiger partial charge is 0.481 e. The average Bonchev–Trinajstić information content (AvgIpc) is 2.49. The second-order valence-corrected chi connectivity index (χ2v) is 7.26. The van der Waals surface area contributed by atoms with Crippen LogP contribution in [0.2, 0.25) is 0 Å². The van der Waals surface area contributed by atoms with Crippen LogP contribution in [0.5, 0.6) is 0 Å². The van der Waals surface area contributed by atoms with Crippen LogP contribution in [0, 0.1) is 11.8 Å². The van der Waals surface area contributed by atoms with E-state index in [1.165, 1.54) is 5.56 Å². The summed E-state index contributed by atoms with van der Waals surface area (Å²) in [5.41, 5.74) is 2.37. The Kier molecular flexibility index (Phi) is 6.79. The molecule has 0 saturated carbocycles. The summed E-state index contributed by atoms with van der Waals surface area (Å²) >= 11 is 0. The van der Waals surface area contributed by atoms with E-state index >= 15 is 0 Å². The molecule has 0 radical (unpaired) electrons. The van der Waals surface area contributed by atoms with Crippen LogP contribution in [0.15, 0.2) is 24.3 Å². The van der Waals surface area contributed by atoms with Crippen molar-refractivity contribution in [1.29, 1.82) is 0 Å². The minimum Gasteiger partial charge on any atom is -0.481 e. The number of carboxylic acids is 1. The van der Waals surface area contributed by atoms with Crippen LogP contribution < -0.4 is 5.32 Å². The minimum absolute atomic E-state index is 0.00989. The smallest absolute Gasteiger partial charge is 0.307 e. The quantitative estimate of drug-likeness (QED) is 0.804. The molecule has 0 aliphatic rings. The molecule has 0 fully saturated rings. The van der Waals surface area contributed by atoms with Gasteiger partial charge in [-0.1, -0.05) is 65.3 Å². The lowest BCUT2D eigenvalue weighted by molar-refractivity contribution is -0.146. The summed E-state index contributed by atoms with van der Waals surface area (Å²) in [5.74, 6) is -1.74. The summed E-state index contributed by atoms with van der Waals surface area (Å²) in [4.78, 5) is 23.3. The lowest BCUT2D eigenvalue weighted by Gasteiger charge is -2.19. The zero-order valence-corrected chi connectivity index (χ0v) is 14.8. The van der Waals surface area contributed by atoms with Gasteiger partial charge in [0.25, 0.3) is 0 Å². The maximum atomic E-state index is 12.0. The normalized spacial score (nSPS) is 14.1. The van der Waals surface area contributed by atoms with Crippen molar-refractivity contribution < 1.29 is 14.7 Å². The summed E-state index contributed by atoms with van der Waals surface area (Å²) in [6.07, 6.45) is 0.781. The first-order chi connectivity index (χ1) is 10.6. The van der Waals surface area contributed by atoms with Crippen LogP contribution in [-0.4, -0.2) is 17.0 Å². The summed E-state index contributed by atoms with van der Waals surface area (Å²) < 4.78 is 0. The number of benzene rings is 1. The van der Waals surface area contributed by atoms with Gasteiger partial charge in [-0.3, -0.25) is 9.59 Å². The molecular formula is C19H29NO3. The summed E-state index contributed by atoms with van der Waals surface area (Å²) in [6.45, 7) is 10.7. The van der Waals surface area contributed by atoms with Gasteiger partial charge in [0, 0.05) is 13.0 Å². The van der Waals surface area contributed by atoms with Gasteiger partial charge in [-0.25, -0.2) is 0 Å². The van der Waals surface area contributed by atoms with Crippen molar-refractivity contribution >= 4 is 11.9 Å². The molecule has 2 N–H and O–H groups in total. The van der Waals surface area contributed by atoms with Gasteiger partial charge in [-0.2, -0.15) is 0 Å². The van der Waals surface area contributed by atoms with Gasteiger partial charge < -0.3 is 10.4 Å². The average molecular weight is 319 g/mol. The van der Waals surface area contributed by atoms with Gasteiger partial charge in [0.1, 0.15) is 0 Å². The van der Waals surface area contributed by atoms with E-state index < -0.39 is 11.9 Å². The molecule has 1 aromatic rings. The van der Waals surface area contributed by atoms with Crippen molar-refractivity contribution in [1.82, 2.24) is 5.32 Å². The van der Waals surface area contributed by atoms with Crippen LogP contribution in [0.25, 0.3) is 0 Å². The number of carbonyl (C=O) groups is 2. The number of amides is 1. The molecule has 0 aliphatic heterocycles. The Hall–Kier alpha value is -1.84. The molecule has 128 valence electrons. The van der Waals surface area contributed by atoms with Crippen LogP contribution in [0.1, 0.15) is 58.6 Å². The van der Waals surface area contributed by atoms with Crippen molar-refractivity contribution in [2.24, 2.45) is 11.8 Å². The Balaban J connectivity index is 2.57. The first kappa shape index (κ1) is 19.2. The Bertz CT molecular complexity index is 529. The van der Waals surface area contributed by atoms with E-state index in [-0.39, 0.29) is 23.7 Å². The molecular weight excluding hydrogens is 290 g/mol. The number of rotatable bonds is 7. The van der Waals surface area contributed by atoms with Crippen molar-refractivity contribution in [3.8, 4) is 0 Å². The van der Waals surface area contributed by atoms with Gasteiger partial charge in [0.2, 0.25) is 5.91 Å². The SMILES string of the molecule is CCC(C)C(CC(=O)NCc1ccc(C(C)(C)C)cc1)C(=O)O. The highest BCUT2D eigenvalue weighted by Crippen LogP contribution is 2.22. The van der Waals surface area contributed by atoms with Crippen LogP contribution in [0.3, 0.4) is 0 Å². The number of nitrogens with one attached hydrogen (secondary N) is 1. The molecule has 0 bridgehead atoms. The van der Waals surface area contributed by atoms with E-state index in [0.29, 0.717) is 6.54 Å². The standard InChI is InChI=1S/C19H29NO3/c1-6-13(2)16(18(22)23)11-17(21)20-12-14-7-9-15(10-8-14)19(3,4)5/h7-10,13,16H,6,11-12H2,1-5H3,(H,20,21)(H,22,23). The Morgan fingerprint density at radius 2 is 1.74 bits per heavy atom. The monoisotopic (exact) mass is 319 g/mol. The molecule has 23 heavy (non-hydrogen) atoms. The molecule has 0 spiro atoms. The van der Waals surface area contributed by atoms with Gasteiger partial charge in [0.05, 0.1) is 5.92 Å². The molecule has 2 atom stereocenters. The molecule has 1 aromatic carbocycles. The Morgan fingerprint density at radius 3 is 2.17 bits per heavy atom. The first-order valence-corrected chi connectivity index (χ1v) is 8.24. The Morgan fingerprint density at radius 1 is 1.17 bits per heavy atom. The van der Waals surface area contributed by atoms with Gasteiger partial charge in [-0.05, 0) is 22.5 Å². The van der Waals surface area contributed by atoms with E-state index in [0.717, 1.165) is 12.0 Å². The van der Waals surface area contributed by atoms with E-state index in [2.05, 4.69) is 38.2 Å². The maximum absolute atomic E-state index is 12.0. The van der Waals surface area contributed by atoms with Crippen LogP contribution in [-0.2, 0) is 21.5 Å². The number of hydrogen-bond donors (Lipinski definition) is 2. The summed E-state index contributed by atoms with van der Waals surface area (Å²) in [5, 5.41) is 12.1. The fourth-order valence-electron chi connectivity index (χ4n) is 2.41. The molecule has 2 unspecified atom stereocenters. The number of hydrogen-bond acceptors (Lipinski definition) is 2. The van der Waals surface area contributed by atoms with Crippen molar-refractivity contribution in [3.63, 3.8) is 0 Å². The molecule has 0 heterocycles. The van der Waals surface area contributed by atoms with E-state index in [9.17, 15) is 14.7 Å². The number of carboxylic acid groups (broad SMARTS) is 1. The third-order valence-electron chi connectivity index (χ3n) is 4.36. The van der Waals surface area contributed by atoms with Gasteiger partial charge in [0.15, 0.2) is 0 Å². The van der Waals surface area contributed by atoms with Crippen molar-refractivity contribution in [2.45, 2.75) is 59.4 Å². The lowest BCUT2D eigenvalue weighted by atomic mass is 9.87. The highest BCUT2D eigenvalue weighted by molar-refractivity contribution is 5.82.